The number of carbonyl (C=O) groups excluding carboxylic acids is 2. The van der Waals surface area contributed by atoms with Crippen molar-refractivity contribution in [2.24, 2.45) is 0 Å². The lowest BCUT2D eigenvalue weighted by Crippen LogP contribution is -2.43. The number of aryl methyl sites for hydroxylation is 2. The van der Waals surface area contributed by atoms with Gasteiger partial charge < -0.3 is 14.5 Å². The second-order valence-corrected chi connectivity index (χ2v) is 8.16. The van der Waals surface area contributed by atoms with E-state index in [1.807, 2.05) is 62.4 Å². The van der Waals surface area contributed by atoms with E-state index in [-0.39, 0.29) is 18.9 Å². The van der Waals surface area contributed by atoms with Crippen molar-refractivity contribution in [1.82, 2.24) is 5.32 Å². The Morgan fingerprint density at radius 2 is 1.62 bits per heavy atom. The van der Waals surface area contributed by atoms with Gasteiger partial charge in [-0.1, -0.05) is 60.7 Å². The van der Waals surface area contributed by atoms with E-state index >= 15 is 0 Å². The van der Waals surface area contributed by atoms with Gasteiger partial charge in [0.05, 0.1) is 0 Å². The minimum absolute atomic E-state index is 0.115. The standard InChI is InChI=1S/C28H25NO5/c1-18-13-14-23-22(16-25(30)34-26(23)19(18)2)17-33-28(32)24(15-20-9-5-3-6-10-20)29-27(31)21-11-7-4-8-12-21/h3-14,16,24H,15,17H2,1-2H3,(H,29,31). The summed E-state index contributed by atoms with van der Waals surface area (Å²) in [5.74, 6) is -0.950. The Balaban J connectivity index is 1.56. The molecule has 0 spiro atoms. The highest BCUT2D eigenvalue weighted by molar-refractivity contribution is 5.96. The highest BCUT2D eigenvalue weighted by atomic mass is 16.5. The lowest BCUT2D eigenvalue weighted by molar-refractivity contribution is -0.147. The SMILES string of the molecule is Cc1ccc2c(COC(=O)C(Cc3ccccc3)NC(=O)c3ccccc3)cc(=O)oc2c1C. The van der Waals surface area contributed by atoms with Crippen LogP contribution in [0, 0.1) is 13.8 Å². The largest absolute Gasteiger partial charge is 0.459 e. The molecule has 0 fully saturated rings. The number of benzene rings is 3. The molecule has 0 saturated heterocycles. The molecule has 6 nitrogen and oxygen atoms in total. The van der Waals surface area contributed by atoms with E-state index in [4.69, 9.17) is 9.15 Å². The van der Waals surface area contributed by atoms with Gasteiger partial charge in [-0.05, 0) is 42.7 Å². The van der Waals surface area contributed by atoms with Gasteiger partial charge in [0.15, 0.2) is 0 Å². The van der Waals surface area contributed by atoms with Crippen LogP contribution in [-0.2, 0) is 22.6 Å². The molecule has 6 heteroatoms. The summed E-state index contributed by atoms with van der Waals surface area (Å²) in [6.07, 6.45) is 0.272. The van der Waals surface area contributed by atoms with Crippen molar-refractivity contribution in [2.75, 3.05) is 0 Å². The van der Waals surface area contributed by atoms with E-state index in [0.717, 1.165) is 16.7 Å². The van der Waals surface area contributed by atoms with Crippen LogP contribution in [0.25, 0.3) is 11.0 Å². The summed E-state index contributed by atoms with van der Waals surface area (Å²) in [7, 11) is 0. The van der Waals surface area contributed by atoms with Gasteiger partial charge in [-0.2, -0.15) is 0 Å². The number of esters is 1. The first kappa shape index (κ1) is 23.0. The predicted octanol–water partition coefficient (Wildman–Crippen LogP) is 4.49. The number of rotatable bonds is 7. The second kappa shape index (κ2) is 10.2. The summed E-state index contributed by atoms with van der Waals surface area (Å²) < 4.78 is 11.0. The number of carbonyl (C=O) groups is 2. The highest BCUT2D eigenvalue weighted by Gasteiger charge is 2.24. The Hall–Kier alpha value is -4.19. The van der Waals surface area contributed by atoms with Crippen LogP contribution >= 0.6 is 0 Å². The normalized spacial score (nSPS) is 11.7. The molecule has 34 heavy (non-hydrogen) atoms. The lowest BCUT2D eigenvalue weighted by Gasteiger charge is -2.18. The molecule has 0 aliphatic rings. The first-order valence-electron chi connectivity index (χ1n) is 11.0. The smallest absolute Gasteiger partial charge is 0.336 e. The Bertz CT molecular complexity index is 1380. The van der Waals surface area contributed by atoms with Crippen molar-refractivity contribution in [1.29, 1.82) is 0 Å². The zero-order valence-corrected chi connectivity index (χ0v) is 19.0. The molecular weight excluding hydrogens is 430 g/mol. The molecule has 172 valence electrons. The van der Waals surface area contributed by atoms with Gasteiger partial charge in [0.1, 0.15) is 18.2 Å². The average molecular weight is 456 g/mol. The molecule has 1 aromatic heterocycles. The Kier molecular flexibility index (Phi) is 6.87. The molecule has 4 rings (SSSR count). The lowest BCUT2D eigenvalue weighted by atomic mass is 10.0. The zero-order valence-electron chi connectivity index (χ0n) is 19.0. The van der Waals surface area contributed by atoms with Crippen LogP contribution in [0.1, 0.15) is 32.6 Å². The van der Waals surface area contributed by atoms with Gasteiger partial charge in [0, 0.05) is 29.0 Å². The number of hydrogen-bond acceptors (Lipinski definition) is 5. The predicted molar refractivity (Wildman–Crippen MR) is 130 cm³/mol. The summed E-state index contributed by atoms with van der Waals surface area (Å²) in [6, 6.07) is 22.3. The molecule has 1 N–H and O–H groups in total. The highest BCUT2D eigenvalue weighted by Crippen LogP contribution is 2.24. The molecule has 0 saturated carbocycles. The minimum atomic E-state index is -0.898. The number of fused-ring (bicyclic) bond motifs is 1. The molecule has 4 aromatic rings. The molecule has 1 heterocycles. The van der Waals surface area contributed by atoms with E-state index in [1.54, 1.807) is 24.3 Å². The molecule has 0 bridgehead atoms. The molecule has 1 atom stereocenters. The maximum atomic E-state index is 13.1. The van der Waals surface area contributed by atoms with Crippen LogP contribution in [0.2, 0.25) is 0 Å². The number of nitrogens with one attached hydrogen (secondary N) is 1. The summed E-state index contributed by atoms with van der Waals surface area (Å²) in [5.41, 5.74) is 3.72. The monoisotopic (exact) mass is 455 g/mol. The fourth-order valence-electron chi connectivity index (χ4n) is 3.77. The minimum Gasteiger partial charge on any atom is -0.459 e. The molecular formula is C28H25NO5. The first-order valence-corrected chi connectivity index (χ1v) is 11.0. The third kappa shape index (κ3) is 5.23. The van der Waals surface area contributed by atoms with E-state index < -0.39 is 17.6 Å². The van der Waals surface area contributed by atoms with Crippen LogP contribution in [0.15, 0.2) is 88.1 Å². The molecule has 1 amide bonds. The average Bonchev–Trinajstić information content (AvgIpc) is 2.85. The van der Waals surface area contributed by atoms with Gasteiger partial charge >= 0.3 is 11.6 Å². The second-order valence-electron chi connectivity index (χ2n) is 8.16. The van der Waals surface area contributed by atoms with Crippen LogP contribution in [-0.4, -0.2) is 17.9 Å². The van der Waals surface area contributed by atoms with Crippen molar-refractivity contribution >= 4 is 22.8 Å². The summed E-state index contributed by atoms with van der Waals surface area (Å²) in [6.45, 7) is 3.70. The number of amides is 1. The molecule has 1 unspecified atom stereocenters. The van der Waals surface area contributed by atoms with E-state index in [9.17, 15) is 14.4 Å². The van der Waals surface area contributed by atoms with Crippen molar-refractivity contribution in [3.8, 4) is 0 Å². The summed E-state index contributed by atoms with van der Waals surface area (Å²) >= 11 is 0. The van der Waals surface area contributed by atoms with E-state index in [0.29, 0.717) is 22.1 Å². The van der Waals surface area contributed by atoms with Gasteiger partial charge in [-0.3, -0.25) is 4.79 Å². The van der Waals surface area contributed by atoms with Gasteiger partial charge in [-0.15, -0.1) is 0 Å². The zero-order chi connectivity index (χ0) is 24.1. The molecule has 0 aliphatic carbocycles. The maximum absolute atomic E-state index is 13.1. The Morgan fingerprint density at radius 3 is 2.32 bits per heavy atom. The molecule has 0 aliphatic heterocycles. The third-order valence-electron chi connectivity index (χ3n) is 5.80. The van der Waals surface area contributed by atoms with Crippen molar-refractivity contribution in [3.63, 3.8) is 0 Å². The number of hydrogen-bond donors (Lipinski definition) is 1. The quantitative estimate of drug-likeness (QED) is 0.328. The first-order chi connectivity index (χ1) is 16.4. The van der Waals surface area contributed by atoms with Crippen molar-refractivity contribution in [3.05, 3.63) is 117 Å². The van der Waals surface area contributed by atoms with E-state index in [2.05, 4.69) is 5.32 Å². The Labute approximate surface area is 197 Å². The number of ether oxygens (including phenoxy) is 1. The van der Waals surface area contributed by atoms with Gasteiger partial charge in [-0.25, -0.2) is 9.59 Å². The van der Waals surface area contributed by atoms with Crippen molar-refractivity contribution in [2.45, 2.75) is 32.9 Å². The fourth-order valence-corrected chi connectivity index (χ4v) is 3.77. The van der Waals surface area contributed by atoms with Gasteiger partial charge in [0.25, 0.3) is 5.91 Å². The van der Waals surface area contributed by atoms with Gasteiger partial charge in [0.2, 0.25) is 0 Å². The Morgan fingerprint density at radius 1 is 0.941 bits per heavy atom. The molecule has 0 radical (unpaired) electrons. The molecule has 3 aromatic carbocycles. The maximum Gasteiger partial charge on any atom is 0.336 e. The van der Waals surface area contributed by atoms with E-state index in [1.165, 1.54) is 6.07 Å². The topological polar surface area (TPSA) is 85.6 Å². The van der Waals surface area contributed by atoms with Crippen LogP contribution in [0.4, 0.5) is 0 Å². The fraction of sp³-hybridized carbons (Fsp3) is 0.179. The van der Waals surface area contributed by atoms with Crippen LogP contribution in [0.3, 0.4) is 0 Å². The third-order valence-corrected chi connectivity index (χ3v) is 5.80. The van der Waals surface area contributed by atoms with Crippen LogP contribution in [0.5, 0.6) is 0 Å². The van der Waals surface area contributed by atoms with Crippen LogP contribution < -0.4 is 10.9 Å². The summed E-state index contributed by atoms with van der Waals surface area (Å²) in [5, 5.41) is 3.50. The summed E-state index contributed by atoms with van der Waals surface area (Å²) in [4.78, 5) is 38.0. The van der Waals surface area contributed by atoms with Crippen molar-refractivity contribution < 1.29 is 18.7 Å².